The molecule has 0 radical (unpaired) electrons. The predicted molar refractivity (Wildman–Crippen MR) is 99.6 cm³/mol. The highest BCUT2D eigenvalue weighted by Crippen LogP contribution is 2.24. The maximum absolute atomic E-state index is 12.2. The molecule has 1 heterocycles. The number of carbonyl (C=O) groups excluding carboxylic acids is 1. The van der Waals surface area contributed by atoms with Crippen molar-refractivity contribution < 1.29 is 4.79 Å². The minimum absolute atomic E-state index is 0.161. The zero-order valence-corrected chi connectivity index (χ0v) is 14.3. The summed E-state index contributed by atoms with van der Waals surface area (Å²) in [4.78, 5) is 17.4. The Bertz CT molecular complexity index is 805. The number of anilines is 1. The van der Waals surface area contributed by atoms with Crippen molar-refractivity contribution in [1.29, 1.82) is 0 Å². The molecule has 1 N–H and O–H groups in total. The van der Waals surface area contributed by atoms with Crippen molar-refractivity contribution in [3.05, 3.63) is 89.1 Å². The van der Waals surface area contributed by atoms with E-state index in [4.69, 9.17) is 11.6 Å². The molecule has 3 aromatic rings. The molecule has 0 fully saturated rings. The summed E-state index contributed by atoms with van der Waals surface area (Å²) in [5.41, 5.74) is 1.77. The van der Waals surface area contributed by atoms with Gasteiger partial charge in [0.05, 0.1) is 0 Å². The fraction of sp³-hybridized carbons (Fsp3) is 0.0526. The van der Waals surface area contributed by atoms with Gasteiger partial charge in [0.15, 0.2) is 0 Å². The van der Waals surface area contributed by atoms with Gasteiger partial charge in [-0.25, -0.2) is 4.98 Å². The Morgan fingerprint density at radius 2 is 1.75 bits per heavy atom. The van der Waals surface area contributed by atoms with Crippen LogP contribution in [0.1, 0.15) is 15.9 Å². The van der Waals surface area contributed by atoms with Gasteiger partial charge >= 0.3 is 0 Å². The maximum atomic E-state index is 12.2. The molecule has 0 aliphatic rings. The van der Waals surface area contributed by atoms with Crippen LogP contribution in [0.4, 0.5) is 5.82 Å². The van der Waals surface area contributed by atoms with Crippen LogP contribution in [0.5, 0.6) is 0 Å². The topological polar surface area (TPSA) is 42.0 Å². The van der Waals surface area contributed by atoms with Gasteiger partial charge in [0.2, 0.25) is 0 Å². The van der Waals surface area contributed by atoms with Gasteiger partial charge in [-0.3, -0.25) is 4.79 Å². The molecule has 120 valence electrons. The number of rotatable bonds is 5. The van der Waals surface area contributed by atoms with Gasteiger partial charge in [-0.1, -0.05) is 29.8 Å². The van der Waals surface area contributed by atoms with Gasteiger partial charge in [0.1, 0.15) is 5.82 Å². The SMILES string of the molecule is O=C(Nc1ccccn1)c1ccc(CSc2ccc(Cl)cc2)cc1. The Morgan fingerprint density at radius 1 is 1.00 bits per heavy atom. The highest BCUT2D eigenvalue weighted by molar-refractivity contribution is 7.98. The van der Waals surface area contributed by atoms with E-state index in [1.165, 1.54) is 0 Å². The average Bonchev–Trinajstić information content (AvgIpc) is 2.62. The minimum atomic E-state index is -0.161. The Hall–Kier alpha value is -2.30. The molecule has 2 aromatic carbocycles. The summed E-state index contributed by atoms with van der Waals surface area (Å²) in [6.45, 7) is 0. The van der Waals surface area contributed by atoms with Crippen LogP contribution in [0, 0.1) is 0 Å². The number of pyridine rings is 1. The smallest absolute Gasteiger partial charge is 0.256 e. The quantitative estimate of drug-likeness (QED) is 0.634. The third-order valence-corrected chi connectivity index (χ3v) is 4.68. The van der Waals surface area contributed by atoms with Crippen LogP contribution >= 0.6 is 23.4 Å². The van der Waals surface area contributed by atoms with Crippen LogP contribution in [-0.2, 0) is 5.75 Å². The molecule has 0 spiro atoms. The van der Waals surface area contributed by atoms with Crippen molar-refractivity contribution in [3.8, 4) is 0 Å². The zero-order valence-electron chi connectivity index (χ0n) is 12.8. The molecule has 3 nitrogen and oxygen atoms in total. The van der Waals surface area contributed by atoms with Gasteiger partial charge in [0, 0.05) is 27.4 Å². The lowest BCUT2D eigenvalue weighted by Gasteiger charge is -2.06. The van der Waals surface area contributed by atoms with Gasteiger partial charge < -0.3 is 5.32 Å². The van der Waals surface area contributed by atoms with E-state index in [2.05, 4.69) is 10.3 Å². The monoisotopic (exact) mass is 354 g/mol. The van der Waals surface area contributed by atoms with Crippen LogP contribution in [0.25, 0.3) is 0 Å². The number of halogens is 1. The Morgan fingerprint density at radius 3 is 2.42 bits per heavy atom. The molecule has 0 bridgehead atoms. The van der Waals surface area contributed by atoms with Gasteiger partial charge in [-0.15, -0.1) is 11.8 Å². The first-order valence-corrected chi connectivity index (χ1v) is 8.77. The van der Waals surface area contributed by atoms with Crippen LogP contribution in [-0.4, -0.2) is 10.9 Å². The van der Waals surface area contributed by atoms with Crippen molar-refractivity contribution in [2.24, 2.45) is 0 Å². The lowest BCUT2D eigenvalue weighted by Crippen LogP contribution is -2.12. The largest absolute Gasteiger partial charge is 0.307 e. The third-order valence-electron chi connectivity index (χ3n) is 3.34. The molecular weight excluding hydrogens is 340 g/mol. The van der Waals surface area contributed by atoms with Crippen LogP contribution in [0.15, 0.2) is 77.8 Å². The second-order valence-corrected chi connectivity index (χ2v) is 6.59. The maximum Gasteiger partial charge on any atom is 0.256 e. The summed E-state index contributed by atoms with van der Waals surface area (Å²) in [6.07, 6.45) is 1.65. The summed E-state index contributed by atoms with van der Waals surface area (Å²) >= 11 is 7.61. The number of aromatic nitrogens is 1. The number of benzene rings is 2. The first-order valence-electron chi connectivity index (χ1n) is 7.40. The lowest BCUT2D eigenvalue weighted by molar-refractivity contribution is 0.102. The highest BCUT2D eigenvalue weighted by Gasteiger charge is 2.06. The minimum Gasteiger partial charge on any atom is -0.307 e. The Kier molecular flexibility index (Phi) is 5.51. The van der Waals surface area contributed by atoms with Gasteiger partial charge in [-0.2, -0.15) is 0 Å². The van der Waals surface area contributed by atoms with Crippen molar-refractivity contribution in [3.63, 3.8) is 0 Å². The Balaban J connectivity index is 1.58. The Labute approximate surface area is 150 Å². The summed E-state index contributed by atoms with van der Waals surface area (Å²) in [6, 6.07) is 20.8. The fourth-order valence-corrected chi connectivity index (χ4v) is 3.06. The number of carbonyl (C=O) groups is 1. The number of nitrogens with one attached hydrogen (secondary N) is 1. The predicted octanol–water partition coefficient (Wildman–Crippen LogP) is 5.28. The average molecular weight is 355 g/mol. The number of hydrogen-bond donors (Lipinski definition) is 1. The molecule has 0 aliphatic heterocycles. The molecule has 0 aliphatic carbocycles. The number of thioether (sulfide) groups is 1. The fourth-order valence-electron chi connectivity index (χ4n) is 2.08. The number of hydrogen-bond acceptors (Lipinski definition) is 3. The number of amides is 1. The van der Waals surface area contributed by atoms with E-state index in [1.54, 1.807) is 24.0 Å². The molecule has 3 rings (SSSR count). The van der Waals surface area contributed by atoms with Gasteiger partial charge in [0.25, 0.3) is 5.91 Å². The molecule has 0 saturated heterocycles. The second-order valence-electron chi connectivity index (χ2n) is 5.11. The molecule has 0 atom stereocenters. The van der Waals surface area contributed by atoms with Crippen molar-refractivity contribution in [1.82, 2.24) is 4.98 Å². The number of nitrogens with zero attached hydrogens (tertiary/aromatic N) is 1. The molecule has 0 saturated carbocycles. The molecule has 0 unspecified atom stereocenters. The van der Waals surface area contributed by atoms with Crippen LogP contribution < -0.4 is 5.32 Å². The van der Waals surface area contributed by atoms with Crippen LogP contribution in [0.3, 0.4) is 0 Å². The van der Waals surface area contributed by atoms with Crippen LogP contribution in [0.2, 0.25) is 5.02 Å². The van der Waals surface area contributed by atoms with E-state index in [0.717, 1.165) is 21.2 Å². The molecule has 24 heavy (non-hydrogen) atoms. The van der Waals surface area contributed by atoms with E-state index in [-0.39, 0.29) is 5.91 Å². The van der Waals surface area contributed by atoms with E-state index in [1.807, 2.05) is 60.7 Å². The normalized spacial score (nSPS) is 10.4. The van der Waals surface area contributed by atoms with E-state index >= 15 is 0 Å². The summed E-state index contributed by atoms with van der Waals surface area (Å²) in [5.74, 6) is 1.22. The van der Waals surface area contributed by atoms with Crippen molar-refractivity contribution in [2.75, 3.05) is 5.32 Å². The lowest BCUT2D eigenvalue weighted by atomic mass is 10.1. The van der Waals surface area contributed by atoms with Crippen molar-refractivity contribution in [2.45, 2.75) is 10.6 Å². The first kappa shape index (κ1) is 16.6. The molecule has 1 amide bonds. The van der Waals surface area contributed by atoms with E-state index < -0.39 is 0 Å². The highest BCUT2D eigenvalue weighted by atomic mass is 35.5. The summed E-state index contributed by atoms with van der Waals surface area (Å²) in [7, 11) is 0. The van der Waals surface area contributed by atoms with E-state index in [0.29, 0.717) is 11.4 Å². The summed E-state index contributed by atoms with van der Waals surface area (Å²) < 4.78 is 0. The molecule has 5 heteroatoms. The van der Waals surface area contributed by atoms with E-state index in [9.17, 15) is 4.79 Å². The van der Waals surface area contributed by atoms with Crippen molar-refractivity contribution >= 4 is 35.1 Å². The van der Waals surface area contributed by atoms with Gasteiger partial charge in [-0.05, 0) is 54.1 Å². The molecular formula is C19H15ClN2OS. The zero-order chi connectivity index (χ0) is 16.8. The third kappa shape index (κ3) is 4.60. The standard InChI is InChI=1S/C19H15ClN2OS/c20-16-8-10-17(11-9-16)24-13-14-4-6-15(7-5-14)19(23)22-18-3-1-2-12-21-18/h1-12H,13H2,(H,21,22,23). The first-order chi connectivity index (χ1) is 11.7. The second kappa shape index (κ2) is 7.99. The molecule has 1 aromatic heterocycles. The summed E-state index contributed by atoms with van der Waals surface area (Å²) in [5, 5.41) is 3.51.